The minimum atomic E-state index is -0.00733. The van der Waals surface area contributed by atoms with Crippen LogP contribution in [0.4, 0.5) is 0 Å². The lowest BCUT2D eigenvalue weighted by molar-refractivity contribution is 0.425. The summed E-state index contributed by atoms with van der Waals surface area (Å²) in [6.45, 7) is 15.3. The first-order valence-corrected chi connectivity index (χ1v) is 8.98. The molecule has 0 spiro atoms. The van der Waals surface area contributed by atoms with E-state index < -0.39 is 0 Å². The molecule has 0 atom stereocenters. The molecule has 0 bridgehead atoms. The van der Waals surface area contributed by atoms with E-state index in [1.54, 1.807) is 0 Å². The van der Waals surface area contributed by atoms with Gasteiger partial charge in [-0.15, -0.1) is 10.2 Å². The average Bonchev–Trinajstić information content (AvgIpc) is 2.98. The molecule has 0 aliphatic heterocycles. The Bertz CT molecular complexity index is 736. The van der Waals surface area contributed by atoms with Gasteiger partial charge in [-0.3, -0.25) is 4.57 Å². The number of benzene rings is 1. The van der Waals surface area contributed by atoms with Crippen molar-refractivity contribution < 1.29 is 0 Å². The molecule has 130 valence electrons. The smallest absolute Gasteiger partial charge is 0.163 e. The van der Waals surface area contributed by atoms with Crippen LogP contribution in [0.3, 0.4) is 0 Å². The second-order valence-electron chi connectivity index (χ2n) is 7.43. The number of hydrogen-bond donors (Lipinski definition) is 0. The quantitative estimate of drug-likeness (QED) is 0.674. The summed E-state index contributed by atoms with van der Waals surface area (Å²) in [4.78, 5) is 0. The van der Waals surface area contributed by atoms with E-state index in [2.05, 4.69) is 87.5 Å². The lowest BCUT2D eigenvalue weighted by Gasteiger charge is -2.25. The van der Waals surface area contributed by atoms with Gasteiger partial charge in [0.15, 0.2) is 5.82 Å². The highest BCUT2D eigenvalue weighted by Gasteiger charge is 2.29. The Hall–Kier alpha value is -1.90. The third kappa shape index (κ3) is 3.61. The zero-order chi connectivity index (χ0) is 17.9. The minimum Gasteiger partial charge on any atom is -0.279 e. The summed E-state index contributed by atoms with van der Waals surface area (Å²) < 4.78 is 2.26. The zero-order valence-electron chi connectivity index (χ0n) is 16.3. The van der Waals surface area contributed by atoms with Crippen LogP contribution in [0, 0.1) is 13.8 Å². The van der Waals surface area contributed by atoms with E-state index in [1.165, 1.54) is 29.7 Å². The maximum Gasteiger partial charge on any atom is 0.163 e. The molecule has 1 aromatic heterocycles. The fourth-order valence-corrected chi connectivity index (χ4v) is 3.12. The van der Waals surface area contributed by atoms with Gasteiger partial charge in [-0.25, -0.2) is 0 Å². The fourth-order valence-electron chi connectivity index (χ4n) is 3.12. The monoisotopic (exact) mass is 325 g/mol. The summed E-state index contributed by atoms with van der Waals surface area (Å²) in [5, 5.41) is 9.17. The van der Waals surface area contributed by atoms with Gasteiger partial charge in [0.05, 0.1) is 5.69 Å². The van der Waals surface area contributed by atoms with Crippen molar-refractivity contribution in [2.24, 2.45) is 0 Å². The number of rotatable bonds is 6. The number of hydrogen-bond acceptors (Lipinski definition) is 2. The summed E-state index contributed by atoms with van der Waals surface area (Å²) >= 11 is 0. The molecule has 0 radical (unpaired) electrons. The van der Waals surface area contributed by atoms with Crippen LogP contribution in [0.1, 0.15) is 76.7 Å². The van der Waals surface area contributed by atoms with Gasteiger partial charge in [0.1, 0.15) is 5.82 Å². The lowest BCUT2D eigenvalue weighted by atomic mass is 9.86. The van der Waals surface area contributed by atoms with Gasteiger partial charge in [-0.1, -0.05) is 57.4 Å². The summed E-state index contributed by atoms with van der Waals surface area (Å²) in [5.41, 5.74) is 4.86. The molecule has 0 unspecified atom stereocenters. The van der Waals surface area contributed by atoms with Crippen LogP contribution in [-0.2, 0) is 5.41 Å². The Balaban J connectivity index is 2.68. The first-order chi connectivity index (χ1) is 11.3. The third-order valence-corrected chi connectivity index (χ3v) is 4.80. The van der Waals surface area contributed by atoms with Gasteiger partial charge in [-0.2, -0.15) is 0 Å². The predicted octanol–water partition coefficient (Wildman–Crippen LogP) is 5.78. The summed E-state index contributed by atoms with van der Waals surface area (Å²) in [5.74, 6) is 2.00. The van der Waals surface area contributed by atoms with E-state index >= 15 is 0 Å². The van der Waals surface area contributed by atoms with Gasteiger partial charge in [-0.05, 0) is 51.3 Å². The number of allylic oxidation sites excluding steroid dienone is 2. The molecule has 1 aromatic carbocycles. The molecule has 0 aliphatic carbocycles. The Kier molecular flexibility index (Phi) is 5.63. The average molecular weight is 326 g/mol. The molecular formula is C21H31N3. The molecule has 2 rings (SSSR count). The molecule has 0 aliphatic rings. The van der Waals surface area contributed by atoms with Crippen molar-refractivity contribution in [3.8, 4) is 5.69 Å². The molecule has 24 heavy (non-hydrogen) atoms. The molecule has 0 N–H and O–H groups in total. The van der Waals surface area contributed by atoms with Crippen molar-refractivity contribution in [3.63, 3.8) is 0 Å². The topological polar surface area (TPSA) is 30.7 Å². The largest absolute Gasteiger partial charge is 0.279 e. The number of aryl methyl sites for hydroxylation is 2. The fraction of sp³-hybridized carbons (Fsp3) is 0.524. The van der Waals surface area contributed by atoms with E-state index in [0.717, 1.165) is 23.6 Å². The molecule has 3 heteroatoms. The van der Waals surface area contributed by atoms with Crippen LogP contribution >= 0.6 is 0 Å². The maximum absolute atomic E-state index is 4.62. The van der Waals surface area contributed by atoms with Gasteiger partial charge in [0.2, 0.25) is 0 Å². The van der Waals surface area contributed by atoms with Crippen LogP contribution in [0.15, 0.2) is 24.3 Å². The predicted molar refractivity (Wildman–Crippen MR) is 103 cm³/mol. The molecule has 2 aromatic rings. The van der Waals surface area contributed by atoms with Crippen molar-refractivity contribution in [3.05, 3.63) is 47.1 Å². The third-order valence-electron chi connectivity index (χ3n) is 4.80. The molecule has 1 heterocycles. The van der Waals surface area contributed by atoms with Crippen molar-refractivity contribution >= 4 is 5.57 Å². The summed E-state index contributed by atoms with van der Waals surface area (Å²) in [7, 11) is 0. The zero-order valence-corrected chi connectivity index (χ0v) is 16.3. The van der Waals surface area contributed by atoms with Crippen LogP contribution in [0.25, 0.3) is 11.3 Å². The number of unbranched alkanes of at least 4 members (excludes halogenated alkanes) is 1. The van der Waals surface area contributed by atoms with Gasteiger partial charge >= 0.3 is 0 Å². The second-order valence-corrected chi connectivity index (χ2v) is 7.43. The molecule has 3 nitrogen and oxygen atoms in total. The Morgan fingerprint density at radius 2 is 1.92 bits per heavy atom. The lowest BCUT2D eigenvalue weighted by Crippen LogP contribution is -2.23. The van der Waals surface area contributed by atoms with Crippen LogP contribution < -0.4 is 0 Å². The van der Waals surface area contributed by atoms with E-state index in [1.807, 2.05) is 0 Å². The highest BCUT2D eigenvalue weighted by Crippen LogP contribution is 2.32. The number of aromatic nitrogens is 3. The maximum atomic E-state index is 4.62. The van der Waals surface area contributed by atoms with E-state index in [4.69, 9.17) is 0 Å². The van der Waals surface area contributed by atoms with Gasteiger partial charge in [0, 0.05) is 5.41 Å². The van der Waals surface area contributed by atoms with Crippen molar-refractivity contribution in [1.29, 1.82) is 0 Å². The SMILES string of the molecule is C/C=C(\C)c1nnc(C(C)(C)CCCC)n1-c1ccc(C)cc1C. The van der Waals surface area contributed by atoms with Gasteiger partial charge < -0.3 is 0 Å². The normalized spacial score (nSPS) is 12.7. The van der Waals surface area contributed by atoms with Crippen molar-refractivity contribution in [2.75, 3.05) is 0 Å². The van der Waals surface area contributed by atoms with Gasteiger partial charge in [0.25, 0.3) is 0 Å². The van der Waals surface area contributed by atoms with E-state index in [-0.39, 0.29) is 5.41 Å². The molecule has 0 fully saturated rings. The first kappa shape index (κ1) is 18.4. The minimum absolute atomic E-state index is 0.00733. The Morgan fingerprint density at radius 3 is 2.50 bits per heavy atom. The first-order valence-electron chi connectivity index (χ1n) is 8.98. The number of nitrogens with zero attached hydrogens (tertiary/aromatic N) is 3. The van der Waals surface area contributed by atoms with Crippen molar-refractivity contribution in [1.82, 2.24) is 14.8 Å². The standard InChI is InChI=1S/C21H31N3/c1-8-10-13-21(6,7)20-23-22-19(16(4)9-2)24(20)18-12-11-15(3)14-17(18)5/h9,11-12,14H,8,10,13H2,1-7H3/b16-9+. The molecule has 0 saturated carbocycles. The Morgan fingerprint density at radius 1 is 1.21 bits per heavy atom. The van der Waals surface area contributed by atoms with E-state index in [0.29, 0.717) is 0 Å². The Labute approximate surface area is 146 Å². The highest BCUT2D eigenvalue weighted by atomic mass is 15.3. The molecule has 0 saturated heterocycles. The second kappa shape index (κ2) is 7.33. The summed E-state index contributed by atoms with van der Waals surface area (Å²) in [6, 6.07) is 6.59. The molecule has 0 amide bonds. The summed E-state index contributed by atoms with van der Waals surface area (Å²) in [6.07, 6.45) is 5.61. The van der Waals surface area contributed by atoms with E-state index in [9.17, 15) is 0 Å². The van der Waals surface area contributed by atoms with Crippen LogP contribution in [0.2, 0.25) is 0 Å². The van der Waals surface area contributed by atoms with Crippen molar-refractivity contribution in [2.45, 2.75) is 73.1 Å². The highest BCUT2D eigenvalue weighted by molar-refractivity contribution is 5.61. The van der Waals surface area contributed by atoms with Crippen LogP contribution in [-0.4, -0.2) is 14.8 Å². The van der Waals surface area contributed by atoms with Crippen LogP contribution in [0.5, 0.6) is 0 Å². The molecular weight excluding hydrogens is 294 g/mol.